The number of methoxy groups -OCH3 is 1. The van der Waals surface area contributed by atoms with E-state index in [4.69, 9.17) is 4.74 Å². The van der Waals surface area contributed by atoms with Gasteiger partial charge in [-0.3, -0.25) is 4.79 Å². The molecular formula is C24H28O2. The largest absolute Gasteiger partial charge is 0.497 e. The van der Waals surface area contributed by atoms with E-state index in [1.807, 2.05) is 24.3 Å². The van der Waals surface area contributed by atoms with E-state index in [0.29, 0.717) is 17.6 Å². The van der Waals surface area contributed by atoms with Crippen molar-refractivity contribution in [2.45, 2.75) is 33.6 Å². The lowest BCUT2D eigenvalue weighted by Gasteiger charge is -2.30. The highest BCUT2D eigenvalue weighted by Gasteiger charge is 2.32. The van der Waals surface area contributed by atoms with Gasteiger partial charge in [0.05, 0.1) is 7.11 Å². The smallest absolute Gasteiger partial charge is 0.162 e. The molecule has 1 aliphatic carbocycles. The Bertz CT molecular complexity index is 799. The molecule has 1 saturated carbocycles. The number of carbonyl (C=O) groups is 1. The average Bonchev–Trinajstić information content (AvgIpc) is 2.65. The van der Waals surface area contributed by atoms with Crippen LogP contribution in [0.25, 0.3) is 17.2 Å². The van der Waals surface area contributed by atoms with Crippen LogP contribution < -0.4 is 4.74 Å². The van der Waals surface area contributed by atoms with Gasteiger partial charge in [-0.25, -0.2) is 0 Å². The number of benzene rings is 2. The maximum absolute atomic E-state index is 13.0. The van der Waals surface area contributed by atoms with Crippen molar-refractivity contribution in [3.63, 3.8) is 0 Å². The molecule has 0 unspecified atom stereocenters. The summed E-state index contributed by atoms with van der Waals surface area (Å²) in [6, 6.07) is 16.4. The Labute approximate surface area is 156 Å². The molecular weight excluding hydrogens is 320 g/mol. The van der Waals surface area contributed by atoms with Gasteiger partial charge in [0.15, 0.2) is 5.78 Å². The lowest BCUT2D eigenvalue weighted by atomic mass is 9.73. The Morgan fingerprint density at radius 1 is 1.04 bits per heavy atom. The van der Waals surface area contributed by atoms with Crippen molar-refractivity contribution in [3.8, 4) is 16.9 Å². The SMILES string of the molecule is COc1ccc(-c2ccccc2/C=C2/C(=O)[C@@H](C(C)C)CC[C@H]2C)cc1. The van der Waals surface area contributed by atoms with Crippen LogP contribution in [0, 0.1) is 17.8 Å². The second-order valence-corrected chi connectivity index (χ2v) is 7.61. The first-order chi connectivity index (χ1) is 12.5. The zero-order chi connectivity index (χ0) is 18.7. The number of Topliss-reactive ketones (excluding diaryl/α,β-unsaturated/α-hetero) is 1. The monoisotopic (exact) mass is 348 g/mol. The summed E-state index contributed by atoms with van der Waals surface area (Å²) in [5.41, 5.74) is 4.37. The summed E-state index contributed by atoms with van der Waals surface area (Å²) >= 11 is 0. The normalized spacial score (nSPS) is 22.0. The Hall–Kier alpha value is -2.35. The minimum Gasteiger partial charge on any atom is -0.497 e. The van der Waals surface area contributed by atoms with Crippen LogP contribution in [0.1, 0.15) is 39.2 Å². The molecule has 0 spiro atoms. The van der Waals surface area contributed by atoms with Gasteiger partial charge >= 0.3 is 0 Å². The Balaban J connectivity index is 2.01. The molecule has 26 heavy (non-hydrogen) atoms. The molecule has 0 amide bonds. The molecule has 2 aromatic rings. The van der Waals surface area contributed by atoms with Gasteiger partial charge in [0, 0.05) is 5.92 Å². The predicted molar refractivity (Wildman–Crippen MR) is 108 cm³/mol. The van der Waals surface area contributed by atoms with Crippen molar-refractivity contribution >= 4 is 11.9 Å². The number of ether oxygens (including phenoxy) is 1. The van der Waals surface area contributed by atoms with Crippen molar-refractivity contribution in [1.82, 2.24) is 0 Å². The number of hydrogen-bond donors (Lipinski definition) is 0. The molecule has 0 N–H and O–H groups in total. The van der Waals surface area contributed by atoms with Crippen molar-refractivity contribution in [3.05, 3.63) is 59.7 Å². The fourth-order valence-corrected chi connectivity index (χ4v) is 3.85. The van der Waals surface area contributed by atoms with Gasteiger partial charge in [0.2, 0.25) is 0 Å². The number of hydrogen-bond acceptors (Lipinski definition) is 2. The van der Waals surface area contributed by atoms with Gasteiger partial charge in [0.1, 0.15) is 5.75 Å². The topological polar surface area (TPSA) is 26.3 Å². The maximum atomic E-state index is 13.0. The molecule has 0 heterocycles. The number of ketones is 1. The van der Waals surface area contributed by atoms with Crippen molar-refractivity contribution in [2.75, 3.05) is 7.11 Å². The molecule has 2 atom stereocenters. The van der Waals surface area contributed by atoms with E-state index in [1.54, 1.807) is 7.11 Å². The zero-order valence-corrected chi connectivity index (χ0v) is 16.2. The highest BCUT2D eigenvalue weighted by atomic mass is 16.5. The molecule has 1 aliphatic rings. The summed E-state index contributed by atoms with van der Waals surface area (Å²) in [6.07, 6.45) is 4.22. The van der Waals surface area contributed by atoms with Gasteiger partial charge < -0.3 is 4.74 Å². The summed E-state index contributed by atoms with van der Waals surface area (Å²) in [5, 5.41) is 0. The first kappa shape index (κ1) is 18.4. The number of allylic oxidation sites excluding steroid dienone is 1. The molecule has 1 fully saturated rings. The van der Waals surface area contributed by atoms with Gasteiger partial charge in [0.25, 0.3) is 0 Å². The molecule has 2 aromatic carbocycles. The van der Waals surface area contributed by atoms with Gasteiger partial charge in [-0.05, 0) is 65.1 Å². The van der Waals surface area contributed by atoms with Crippen LogP contribution in [0.3, 0.4) is 0 Å². The summed E-state index contributed by atoms with van der Waals surface area (Å²) < 4.78 is 5.26. The Morgan fingerprint density at radius 2 is 1.73 bits per heavy atom. The van der Waals surface area contributed by atoms with Crippen molar-refractivity contribution in [2.24, 2.45) is 17.8 Å². The fraction of sp³-hybridized carbons (Fsp3) is 0.375. The van der Waals surface area contributed by atoms with Crippen LogP contribution >= 0.6 is 0 Å². The second-order valence-electron chi connectivity index (χ2n) is 7.61. The Kier molecular flexibility index (Phi) is 5.61. The summed E-state index contributed by atoms with van der Waals surface area (Å²) in [6.45, 7) is 6.49. The minimum absolute atomic E-state index is 0.158. The third-order valence-corrected chi connectivity index (χ3v) is 5.54. The molecule has 2 heteroatoms. The molecule has 0 aromatic heterocycles. The van der Waals surface area contributed by atoms with E-state index < -0.39 is 0 Å². The fourth-order valence-electron chi connectivity index (χ4n) is 3.85. The predicted octanol–water partition coefficient (Wildman–Crippen LogP) is 6.02. The molecule has 3 rings (SSSR count). The van der Waals surface area contributed by atoms with E-state index in [-0.39, 0.29) is 5.92 Å². The van der Waals surface area contributed by atoms with Crippen LogP contribution in [-0.2, 0) is 4.79 Å². The van der Waals surface area contributed by atoms with Crippen LogP contribution in [0.4, 0.5) is 0 Å². The first-order valence-electron chi connectivity index (χ1n) is 9.50. The summed E-state index contributed by atoms with van der Waals surface area (Å²) in [7, 11) is 1.68. The second kappa shape index (κ2) is 7.90. The van der Waals surface area contributed by atoms with Crippen molar-refractivity contribution in [1.29, 1.82) is 0 Å². The van der Waals surface area contributed by atoms with Crippen LogP contribution in [0.2, 0.25) is 0 Å². The number of carbonyl (C=O) groups excluding carboxylic acids is 1. The minimum atomic E-state index is 0.158. The molecule has 136 valence electrons. The van der Waals surface area contributed by atoms with Gasteiger partial charge in [-0.2, -0.15) is 0 Å². The number of rotatable bonds is 4. The average molecular weight is 348 g/mol. The molecule has 0 bridgehead atoms. The molecule has 0 aliphatic heterocycles. The first-order valence-corrected chi connectivity index (χ1v) is 9.50. The van der Waals surface area contributed by atoms with E-state index in [0.717, 1.165) is 40.9 Å². The summed E-state index contributed by atoms with van der Waals surface area (Å²) in [5.74, 6) is 2.06. The van der Waals surface area contributed by atoms with Crippen LogP contribution in [-0.4, -0.2) is 12.9 Å². The van der Waals surface area contributed by atoms with E-state index in [9.17, 15) is 4.79 Å². The molecule has 0 radical (unpaired) electrons. The third-order valence-electron chi connectivity index (χ3n) is 5.54. The molecule has 2 nitrogen and oxygen atoms in total. The lowest BCUT2D eigenvalue weighted by Crippen LogP contribution is -2.30. The Morgan fingerprint density at radius 3 is 2.38 bits per heavy atom. The van der Waals surface area contributed by atoms with Crippen molar-refractivity contribution < 1.29 is 9.53 Å². The standard InChI is InChI=1S/C24H28O2/c1-16(2)21-14-9-17(3)23(24(21)25)15-19-7-5-6-8-22(19)18-10-12-20(26-4)13-11-18/h5-8,10-13,15-17,21H,9,14H2,1-4H3/b23-15+/t17-,21-/m1/s1. The molecule has 0 saturated heterocycles. The van der Waals surface area contributed by atoms with E-state index >= 15 is 0 Å². The van der Waals surface area contributed by atoms with Crippen LogP contribution in [0.5, 0.6) is 5.75 Å². The van der Waals surface area contributed by atoms with Gasteiger partial charge in [-0.1, -0.05) is 57.2 Å². The third kappa shape index (κ3) is 3.75. The highest BCUT2D eigenvalue weighted by Crippen LogP contribution is 2.36. The van der Waals surface area contributed by atoms with E-state index in [1.165, 1.54) is 0 Å². The highest BCUT2D eigenvalue weighted by molar-refractivity contribution is 6.03. The summed E-state index contributed by atoms with van der Waals surface area (Å²) in [4.78, 5) is 13.0. The maximum Gasteiger partial charge on any atom is 0.162 e. The van der Waals surface area contributed by atoms with E-state index in [2.05, 4.69) is 51.1 Å². The zero-order valence-electron chi connectivity index (χ0n) is 16.2. The van der Waals surface area contributed by atoms with Gasteiger partial charge in [-0.15, -0.1) is 0 Å². The lowest BCUT2D eigenvalue weighted by molar-refractivity contribution is -0.122. The quantitative estimate of drug-likeness (QED) is 0.632. The van der Waals surface area contributed by atoms with Crippen LogP contribution in [0.15, 0.2) is 54.1 Å².